The Morgan fingerprint density at radius 3 is 2.23 bits per heavy atom. The third kappa shape index (κ3) is 2.76. The van der Waals surface area contributed by atoms with E-state index in [0.29, 0.717) is 6.04 Å². The molecule has 0 amide bonds. The molecule has 2 heterocycles. The third-order valence-electron chi connectivity index (χ3n) is 5.76. The molecule has 0 aliphatic carbocycles. The van der Waals surface area contributed by atoms with Crippen LogP contribution in [0.3, 0.4) is 0 Å². The molecule has 0 spiro atoms. The van der Waals surface area contributed by atoms with Crippen molar-refractivity contribution in [2.24, 2.45) is 0 Å². The second kappa shape index (κ2) is 6.91. The fraction of sp³-hybridized carbons (Fsp3) is 0.429. The van der Waals surface area contributed by atoms with Crippen LogP contribution in [-0.2, 0) is 32.6 Å². The van der Waals surface area contributed by atoms with Crippen LogP contribution in [0.2, 0.25) is 0 Å². The average molecular weight is 355 g/mol. The van der Waals surface area contributed by atoms with Crippen LogP contribution in [0.4, 0.5) is 0 Å². The van der Waals surface area contributed by atoms with Crippen molar-refractivity contribution in [3.05, 3.63) is 57.6 Å². The topological polar surface area (TPSA) is 62.2 Å². The minimum absolute atomic E-state index is 0.0304. The van der Waals surface area contributed by atoms with Gasteiger partial charge in [0, 0.05) is 19.1 Å². The summed E-state index contributed by atoms with van der Waals surface area (Å²) in [5, 5.41) is 19.2. The van der Waals surface area contributed by atoms with E-state index in [0.717, 1.165) is 48.6 Å². The average Bonchev–Trinajstić information content (AvgIpc) is 2.69. The summed E-state index contributed by atoms with van der Waals surface area (Å²) in [5.74, 6) is 1.54. The molecule has 0 aromatic heterocycles. The Morgan fingerprint density at radius 1 is 0.923 bits per heavy atom. The normalized spacial score (nSPS) is 18.7. The zero-order chi connectivity index (χ0) is 18.3. The molecule has 0 fully saturated rings. The Labute approximate surface area is 153 Å². The standard InChI is InChI=1S/C21H25NO4/c1-25-20-8-14-7-19-18-6-17(12-24)16(11-23)5-13(18)3-4-22(19)10-15(14)9-21(20)26-2/h5-6,8-9,19,23-24H,3-4,7,10-12H2,1-2H3. The Hall–Kier alpha value is -2.08. The highest BCUT2D eigenvalue weighted by molar-refractivity contribution is 5.50. The van der Waals surface area contributed by atoms with Crippen LogP contribution in [0.5, 0.6) is 11.5 Å². The first-order chi connectivity index (χ1) is 12.7. The van der Waals surface area contributed by atoms with E-state index in [9.17, 15) is 10.2 Å². The number of benzene rings is 2. The van der Waals surface area contributed by atoms with Gasteiger partial charge in [-0.2, -0.15) is 0 Å². The molecule has 0 bridgehead atoms. The summed E-state index contributed by atoms with van der Waals surface area (Å²) < 4.78 is 10.9. The number of hydrogen-bond donors (Lipinski definition) is 2. The molecule has 0 saturated carbocycles. The molecular weight excluding hydrogens is 330 g/mol. The number of rotatable bonds is 4. The van der Waals surface area contributed by atoms with Gasteiger partial charge in [0.15, 0.2) is 11.5 Å². The smallest absolute Gasteiger partial charge is 0.161 e. The highest BCUT2D eigenvalue weighted by Gasteiger charge is 2.33. The lowest BCUT2D eigenvalue weighted by atomic mass is 9.82. The first-order valence-electron chi connectivity index (χ1n) is 9.02. The fourth-order valence-electron chi connectivity index (χ4n) is 4.35. The molecule has 2 aromatic rings. The molecule has 4 rings (SSSR count). The Kier molecular flexibility index (Phi) is 4.61. The summed E-state index contributed by atoms with van der Waals surface area (Å²) in [6, 6.07) is 8.64. The number of nitrogens with zero attached hydrogens (tertiary/aromatic N) is 1. The summed E-state index contributed by atoms with van der Waals surface area (Å²) in [4.78, 5) is 2.50. The number of hydrogen-bond acceptors (Lipinski definition) is 5. The van der Waals surface area contributed by atoms with Crippen molar-refractivity contribution in [3.8, 4) is 11.5 Å². The van der Waals surface area contributed by atoms with Gasteiger partial charge in [-0.3, -0.25) is 4.90 Å². The first kappa shape index (κ1) is 17.3. The second-order valence-electron chi connectivity index (χ2n) is 7.05. The van der Waals surface area contributed by atoms with Gasteiger partial charge in [-0.15, -0.1) is 0 Å². The molecule has 5 heteroatoms. The Bertz CT molecular complexity index is 833. The lowest BCUT2D eigenvalue weighted by Crippen LogP contribution is -2.39. The molecule has 2 aliphatic heterocycles. The van der Waals surface area contributed by atoms with Gasteiger partial charge < -0.3 is 19.7 Å². The molecule has 2 aliphatic rings. The molecule has 0 saturated heterocycles. The van der Waals surface area contributed by atoms with Crippen molar-refractivity contribution < 1.29 is 19.7 Å². The van der Waals surface area contributed by atoms with E-state index in [4.69, 9.17) is 9.47 Å². The van der Waals surface area contributed by atoms with E-state index >= 15 is 0 Å². The van der Waals surface area contributed by atoms with Crippen molar-refractivity contribution in [2.45, 2.75) is 38.6 Å². The number of aliphatic hydroxyl groups excluding tert-OH is 2. The van der Waals surface area contributed by atoms with Crippen molar-refractivity contribution in [1.29, 1.82) is 0 Å². The second-order valence-corrected chi connectivity index (χ2v) is 7.05. The maximum atomic E-state index is 9.68. The largest absolute Gasteiger partial charge is 0.493 e. The predicted molar refractivity (Wildman–Crippen MR) is 98.4 cm³/mol. The third-order valence-corrected chi connectivity index (χ3v) is 5.76. The number of aliphatic hydroxyl groups is 2. The summed E-state index contributed by atoms with van der Waals surface area (Å²) in [6.45, 7) is 1.81. The van der Waals surface area contributed by atoms with Gasteiger partial charge in [-0.1, -0.05) is 12.1 Å². The zero-order valence-electron chi connectivity index (χ0n) is 15.3. The van der Waals surface area contributed by atoms with Crippen molar-refractivity contribution in [2.75, 3.05) is 20.8 Å². The molecule has 138 valence electrons. The number of ether oxygens (including phenoxy) is 2. The van der Waals surface area contributed by atoms with E-state index in [-0.39, 0.29) is 13.2 Å². The van der Waals surface area contributed by atoms with Crippen LogP contribution in [0.15, 0.2) is 24.3 Å². The van der Waals surface area contributed by atoms with Crippen LogP contribution in [0.25, 0.3) is 0 Å². The van der Waals surface area contributed by atoms with E-state index in [2.05, 4.69) is 29.2 Å². The Balaban J connectivity index is 1.75. The highest BCUT2D eigenvalue weighted by Crippen LogP contribution is 2.42. The summed E-state index contributed by atoms with van der Waals surface area (Å²) in [5.41, 5.74) is 6.80. The van der Waals surface area contributed by atoms with Gasteiger partial charge >= 0.3 is 0 Å². The molecule has 0 radical (unpaired) electrons. The van der Waals surface area contributed by atoms with Crippen LogP contribution < -0.4 is 9.47 Å². The quantitative estimate of drug-likeness (QED) is 0.882. The lowest BCUT2D eigenvalue weighted by molar-refractivity contribution is 0.160. The minimum Gasteiger partial charge on any atom is -0.493 e. The van der Waals surface area contributed by atoms with Gasteiger partial charge in [0.05, 0.1) is 27.4 Å². The van der Waals surface area contributed by atoms with Gasteiger partial charge in [0.1, 0.15) is 0 Å². The molecule has 2 N–H and O–H groups in total. The van der Waals surface area contributed by atoms with E-state index in [1.54, 1.807) is 14.2 Å². The van der Waals surface area contributed by atoms with Gasteiger partial charge in [0.2, 0.25) is 0 Å². The minimum atomic E-state index is -0.0441. The van der Waals surface area contributed by atoms with Gasteiger partial charge in [-0.05, 0) is 58.4 Å². The van der Waals surface area contributed by atoms with Gasteiger partial charge in [-0.25, -0.2) is 0 Å². The highest BCUT2D eigenvalue weighted by atomic mass is 16.5. The molecule has 5 nitrogen and oxygen atoms in total. The predicted octanol–water partition coefficient (Wildman–Crippen LogP) is 2.34. The van der Waals surface area contributed by atoms with Crippen molar-refractivity contribution >= 4 is 0 Å². The van der Waals surface area contributed by atoms with Crippen molar-refractivity contribution in [1.82, 2.24) is 4.90 Å². The maximum absolute atomic E-state index is 9.68. The van der Waals surface area contributed by atoms with E-state index in [1.807, 2.05) is 0 Å². The van der Waals surface area contributed by atoms with Crippen molar-refractivity contribution in [3.63, 3.8) is 0 Å². The van der Waals surface area contributed by atoms with Gasteiger partial charge in [0.25, 0.3) is 0 Å². The summed E-state index contributed by atoms with van der Waals surface area (Å²) in [7, 11) is 3.33. The lowest BCUT2D eigenvalue weighted by Gasteiger charge is -2.42. The van der Waals surface area contributed by atoms with Crippen LogP contribution in [0, 0.1) is 0 Å². The zero-order valence-corrected chi connectivity index (χ0v) is 15.3. The molecular formula is C21H25NO4. The number of fused-ring (bicyclic) bond motifs is 4. The molecule has 1 unspecified atom stereocenters. The SMILES string of the molecule is COc1cc2c(cc1OC)CN1CCc3cc(CO)c(CO)cc3C1C2. The monoisotopic (exact) mass is 355 g/mol. The number of methoxy groups -OCH3 is 2. The summed E-state index contributed by atoms with van der Waals surface area (Å²) >= 11 is 0. The molecule has 26 heavy (non-hydrogen) atoms. The van der Waals surface area contributed by atoms with Crippen LogP contribution in [0.1, 0.15) is 39.4 Å². The van der Waals surface area contributed by atoms with E-state index in [1.165, 1.54) is 22.3 Å². The molecule has 1 atom stereocenters. The first-order valence-corrected chi connectivity index (χ1v) is 9.02. The van der Waals surface area contributed by atoms with Crippen LogP contribution in [-0.4, -0.2) is 35.9 Å². The fourth-order valence-corrected chi connectivity index (χ4v) is 4.35. The summed E-state index contributed by atoms with van der Waals surface area (Å²) in [6.07, 6.45) is 1.87. The van der Waals surface area contributed by atoms with E-state index < -0.39 is 0 Å². The maximum Gasteiger partial charge on any atom is 0.161 e. The Morgan fingerprint density at radius 2 is 1.58 bits per heavy atom. The molecule has 2 aromatic carbocycles. The van der Waals surface area contributed by atoms with Crippen LogP contribution >= 0.6 is 0 Å².